The molecule has 5 nitrogen and oxygen atoms in total. The van der Waals surface area contributed by atoms with E-state index in [1.54, 1.807) is 0 Å². The van der Waals surface area contributed by atoms with Crippen molar-refractivity contribution in [3.63, 3.8) is 0 Å². The second-order valence-electron chi connectivity index (χ2n) is 1.61. The Hall–Kier alpha value is -1.24. The summed E-state index contributed by atoms with van der Waals surface area (Å²) in [6, 6.07) is 0. The molecule has 0 aliphatic rings. The van der Waals surface area contributed by atoms with E-state index in [2.05, 4.69) is 14.4 Å². The molecule has 1 rings (SSSR count). The molecule has 0 bridgehead atoms. The molecule has 60 valence electrons. The molecule has 0 saturated carbocycles. The summed E-state index contributed by atoms with van der Waals surface area (Å²) in [7, 11) is 0. The minimum Gasteiger partial charge on any atom is -0.353 e. The Balaban J connectivity index is 2.51. The van der Waals surface area contributed by atoms with Gasteiger partial charge in [-0.05, 0) is 0 Å². The first kappa shape index (κ1) is 7.86. The van der Waals surface area contributed by atoms with Gasteiger partial charge in [0, 0.05) is 18.5 Å². The van der Waals surface area contributed by atoms with Crippen molar-refractivity contribution in [3.05, 3.63) is 5.13 Å². The Kier molecular flexibility index (Phi) is 2.32. The van der Waals surface area contributed by atoms with Crippen LogP contribution >= 0.6 is 11.5 Å². The van der Waals surface area contributed by atoms with E-state index in [0.29, 0.717) is 11.5 Å². The molecule has 0 unspecified atom stereocenters. The maximum Gasteiger partial charge on any atom is 0.313 e. The number of halogens is 1. The lowest BCUT2D eigenvalue weighted by atomic mass is 10.8. The molecule has 0 saturated heterocycles. The highest BCUT2D eigenvalue weighted by Gasteiger charge is 2.08. The summed E-state index contributed by atoms with van der Waals surface area (Å²) in [4.78, 5) is 14.6. The zero-order chi connectivity index (χ0) is 8.27. The van der Waals surface area contributed by atoms with Gasteiger partial charge < -0.3 is 4.84 Å². The van der Waals surface area contributed by atoms with Crippen LogP contribution in [-0.4, -0.2) is 15.5 Å². The molecule has 1 aromatic heterocycles. The van der Waals surface area contributed by atoms with Crippen LogP contribution in [0.1, 0.15) is 6.92 Å². The summed E-state index contributed by atoms with van der Waals surface area (Å²) in [5.74, 6) is -0.748. The monoisotopic (exact) mass is 177 g/mol. The normalized spacial score (nSPS) is 9.27. The standard InChI is InChI=1S/C4H4FN3O2S/c1-2(9)7-10-4-3(5)11-8-6-4/h1H3,(H,7,9). The van der Waals surface area contributed by atoms with Gasteiger partial charge in [-0.2, -0.15) is 9.87 Å². The lowest BCUT2D eigenvalue weighted by Crippen LogP contribution is -2.24. The van der Waals surface area contributed by atoms with Crippen LogP contribution in [0.3, 0.4) is 0 Å². The Morgan fingerprint density at radius 1 is 1.82 bits per heavy atom. The maximum atomic E-state index is 12.4. The molecule has 1 N–H and O–H groups in total. The molecule has 1 aromatic rings. The minimum atomic E-state index is -0.668. The van der Waals surface area contributed by atoms with Crippen LogP contribution in [0.5, 0.6) is 5.88 Å². The van der Waals surface area contributed by atoms with Gasteiger partial charge in [-0.15, -0.1) is 0 Å². The first-order valence-electron chi connectivity index (χ1n) is 2.61. The van der Waals surface area contributed by atoms with Crippen molar-refractivity contribution in [2.24, 2.45) is 0 Å². The fourth-order valence-electron chi connectivity index (χ4n) is 0.352. The van der Waals surface area contributed by atoms with E-state index in [4.69, 9.17) is 0 Å². The summed E-state index contributed by atoms with van der Waals surface area (Å²) in [6.07, 6.45) is 0. The third-order valence-electron chi connectivity index (χ3n) is 0.712. The zero-order valence-electron chi connectivity index (χ0n) is 5.50. The van der Waals surface area contributed by atoms with Crippen LogP contribution in [0.25, 0.3) is 0 Å². The van der Waals surface area contributed by atoms with Gasteiger partial charge in [0.2, 0.25) is 5.91 Å². The molecule has 7 heteroatoms. The molecule has 0 aromatic carbocycles. The van der Waals surface area contributed by atoms with Crippen LogP contribution in [0.4, 0.5) is 4.39 Å². The summed E-state index contributed by atoms with van der Waals surface area (Å²) < 4.78 is 15.7. The number of nitrogens with one attached hydrogen (secondary N) is 1. The highest BCUT2D eigenvalue weighted by molar-refractivity contribution is 7.03. The molecule has 1 amide bonds. The van der Waals surface area contributed by atoms with Gasteiger partial charge in [-0.25, -0.2) is 0 Å². The van der Waals surface area contributed by atoms with Crippen molar-refractivity contribution in [1.29, 1.82) is 0 Å². The highest BCUT2D eigenvalue weighted by Crippen LogP contribution is 2.13. The second kappa shape index (κ2) is 3.24. The summed E-state index contributed by atoms with van der Waals surface area (Å²) >= 11 is 0.552. The Bertz CT molecular complexity index is 264. The third kappa shape index (κ3) is 2.11. The molecule has 0 radical (unpaired) electrons. The van der Waals surface area contributed by atoms with Crippen molar-refractivity contribution < 1.29 is 14.0 Å². The molecular formula is C4H4FN3O2S. The van der Waals surface area contributed by atoms with E-state index in [1.165, 1.54) is 6.92 Å². The van der Waals surface area contributed by atoms with E-state index in [9.17, 15) is 9.18 Å². The van der Waals surface area contributed by atoms with E-state index < -0.39 is 11.0 Å². The number of hydroxylamine groups is 1. The number of aromatic nitrogens is 2. The highest BCUT2D eigenvalue weighted by atomic mass is 32.1. The molecule has 0 aliphatic carbocycles. The molecule has 0 fully saturated rings. The Labute approximate surface area is 65.3 Å². The van der Waals surface area contributed by atoms with Gasteiger partial charge in [-0.1, -0.05) is 9.59 Å². The second-order valence-corrected chi connectivity index (χ2v) is 2.32. The molecule has 1 heterocycles. The smallest absolute Gasteiger partial charge is 0.313 e. The lowest BCUT2D eigenvalue weighted by Gasteiger charge is -1.97. The minimum absolute atomic E-state index is 0.315. The molecule has 0 atom stereocenters. The molecule has 0 aliphatic heterocycles. The SMILES string of the molecule is CC(=O)NOc1nnsc1F. The number of rotatable bonds is 2. The first-order chi connectivity index (χ1) is 5.20. The number of carbonyl (C=O) groups excluding carboxylic acids is 1. The lowest BCUT2D eigenvalue weighted by molar-refractivity contribution is -0.125. The molecule has 0 spiro atoms. The van der Waals surface area contributed by atoms with Gasteiger partial charge >= 0.3 is 5.88 Å². The van der Waals surface area contributed by atoms with Crippen LogP contribution in [0.2, 0.25) is 0 Å². The van der Waals surface area contributed by atoms with Crippen molar-refractivity contribution in [2.45, 2.75) is 6.92 Å². The predicted octanol–water partition coefficient (Wildman–Crippen LogP) is 0.107. The van der Waals surface area contributed by atoms with Gasteiger partial charge in [0.1, 0.15) is 0 Å². The van der Waals surface area contributed by atoms with Crippen LogP contribution in [0.15, 0.2) is 0 Å². The summed E-state index contributed by atoms with van der Waals surface area (Å²) in [5, 5.41) is 2.58. The number of nitrogens with zero attached hydrogens (tertiary/aromatic N) is 2. The quantitative estimate of drug-likeness (QED) is 0.651. The topological polar surface area (TPSA) is 64.1 Å². The Morgan fingerprint density at radius 2 is 2.55 bits per heavy atom. The van der Waals surface area contributed by atoms with Gasteiger partial charge in [-0.3, -0.25) is 4.79 Å². The summed E-state index contributed by atoms with van der Waals surface area (Å²) in [5.41, 5.74) is 1.91. The number of carbonyl (C=O) groups is 1. The van der Waals surface area contributed by atoms with Crippen molar-refractivity contribution in [3.8, 4) is 5.88 Å². The zero-order valence-corrected chi connectivity index (χ0v) is 6.31. The van der Waals surface area contributed by atoms with E-state index in [1.807, 2.05) is 5.48 Å². The van der Waals surface area contributed by atoms with E-state index >= 15 is 0 Å². The van der Waals surface area contributed by atoms with E-state index in [-0.39, 0.29) is 5.88 Å². The maximum absolute atomic E-state index is 12.4. The summed E-state index contributed by atoms with van der Waals surface area (Å²) in [6.45, 7) is 1.23. The fourth-order valence-corrected chi connectivity index (χ4v) is 0.700. The number of hydrogen-bond donors (Lipinski definition) is 1. The average Bonchev–Trinajstić information content (AvgIpc) is 2.31. The van der Waals surface area contributed by atoms with Gasteiger partial charge in [0.05, 0.1) is 0 Å². The Morgan fingerprint density at radius 3 is 3.00 bits per heavy atom. The first-order valence-corrected chi connectivity index (χ1v) is 3.39. The molecular weight excluding hydrogens is 173 g/mol. The molecule has 11 heavy (non-hydrogen) atoms. The van der Waals surface area contributed by atoms with Crippen LogP contribution in [0, 0.1) is 5.13 Å². The van der Waals surface area contributed by atoms with Gasteiger partial charge in [0.15, 0.2) is 0 Å². The largest absolute Gasteiger partial charge is 0.353 e. The average molecular weight is 177 g/mol. The van der Waals surface area contributed by atoms with Crippen molar-refractivity contribution in [2.75, 3.05) is 0 Å². The third-order valence-corrected chi connectivity index (χ3v) is 1.21. The van der Waals surface area contributed by atoms with E-state index in [0.717, 1.165) is 0 Å². The fraction of sp³-hybridized carbons (Fsp3) is 0.250. The predicted molar refractivity (Wildman–Crippen MR) is 34.3 cm³/mol. The van der Waals surface area contributed by atoms with Gasteiger partial charge in [0.25, 0.3) is 5.13 Å². The van der Waals surface area contributed by atoms with Crippen molar-refractivity contribution >= 4 is 17.4 Å². The number of hydrogen-bond acceptors (Lipinski definition) is 5. The number of amides is 1. The van der Waals surface area contributed by atoms with Crippen LogP contribution in [-0.2, 0) is 4.79 Å². The van der Waals surface area contributed by atoms with Crippen LogP contribution < -0.4 is 10.3 Å². The van der Waals surface area contributed by atoms with Crippen molar-refractivity contribution in [1.82, 2.24) is 15.1 Å².